The summed E-state index contributed by atoms with van der Waals surface area (Å²) in [4.78, 5) is 72.6. The van der Waals surface area contributed by atoms with Gasteiger partial charge < -0.3 is 30.9 Å². The molecule has 0 unspecified atom stereocenters. The molecular formula is C35H40N6O6. The Balaban J connectivity index is 1.35. The zero-order chi connectivity index (χ0) is 33.2. The van der Waals surface area contributed by atoms with E-state index in [1.165, 1.54) is 4.90 Å². The van der Waals surface area contributed by atoms with Crippen molar-refractivity contribution in [3.8, 4) is 5.75 Å². The number of aromatic nitrogens is 1. The van der Waals surface area contributed by atoms with Crippen LogP contribution in [-0.4, -0.2) is 83.3 Å². The molecule has 246 valence electrons. The van der Waals surface area contributed by atoms with E-state index in [2.05, 4.69) is 26.3 Å². The van der Waals surface area contributed by atoms with E-state index in [0.29, 0.717) is 38.1 Å². The fourth-order valence-corrected chi connectivity index (χ4v) is 5.78. The maximum absolute atomic E-state index is 13.9. The molecule has 1 saturated heterocycles. The molecule has 12 heteroatoms. The van der Waals surface area contributed by atoms with Crippen LogP contribution in [0.3, 0.4) is 0 Å². The van der Waals surface area contributed by atoms with Crippen molar-refractivity contribution in [2.24, 2.45) is 0 Å². The first kappa shape index (κ1) is 33.1. The quantitative estimate of drug-likeness (QED) is 0.314. The van der Waals surface area contributed by atoms with Crippen molar-refractivity contribution in [3.05, 3.63) is 95.8 Å². The number of carbonyl (C=O) groups excluding carboxylic acids is 5. The standard InChI is InChI=1S/C35H40N6O6/c1-23-32(43)40-28(33(44)37-17-15-26-9-5-16-36-21-26)19-25-11-13-27(14-12-25)47-22-31(42)39-29(20-24-7-3-2-4-8-24)35(46)41-18-6-10-30(41)34(45)38-23/h2-5,7-9,11-14,16,21,23,28-30H,6,10,15,17-20,22H2,1H3,(H,37,44)(H,38,45)(H,39,42)(H,40,43)/t23-,28-,29+,30+/m0/s1. The highest BCUT2D eigenvalue weighted by atomic mass is 16.5. The van der Waals surface area contributed by atoms with E-state index in [4.69, 9.17) is 4.74 Å². The summed E-state index contributed by atoms with van der Waals surface area (Å²) in [6, 6.07) is 16.3. The van der Waals surface area contributed by atoms with Crippen LogP contribution >= 0.6 is 0 Å². The first-order valence-corrected chi connectivity index (χ1v) is 15.9. The first-order chi connectivity index (χ1) is 22.8. The van der Waals surface area contributed by atoms with E-state index >= 15 is 0 Å². The Labute approximate surface area is 273 Å². The van der Waals surface area contributed by atoms with Gasteiger partial charge in [0.25, 0.3) is 5.91 Å². The second kappa shape index (κ2) is 15.8. The summed E-state index contributed by atoms with van der Waals surface area (Å²) >= 11 is 0. The fraction of sp³-hybridized carbons (Fsp3) is 0.371. The van der Waals surface area contributed by atoms with Gasteiger partial charge in [0.2, 0.25) is 23.6 Å². The van der Waals surface area contributed by atoms with E-state index < -0.39 is 41.9 Å². The van der Waals surface area contributed by atoms with E-state index in [1.807, 2.05) is 42.5 Å². The van der Waals surface area contributed by atoms with E-state index in [9.17, 15) is 24.0 Å². The molecule has 0 spiro atoms. The van der Waals surface area contributed by atoms with Crippen molar-refractivity contribution in [1.82, 2.24) is 31.2 Å². The maximum Gasteiger partial charge on any atom is 0.258 e. The van der Waals surface area contributed by atoms with Gasteiger partial charge in [-0.3, -0.25) is 29.0 Å². The molecule has 4 heterocycles. The van der Waals surface area contributed by atoms with Gasteiger partial charge in [0.1, 0.15) is 29.9 Å². The van der Waals surface area contributed by atoms with Gasteiger partial charge in [0, 0.05) is 38.3 Å². The summed E-state index contributed by atoms with van der Waals surface area (Å²) < 4.78 is 5.72. The van der Waals surface area contributed by atoms with Gasteiger partial charge in [-0.25, -0.2) is 0 Å². The molecule has 47 heavy (non-hydrogen) atoms. The molecule has 1 aromatic heterocycles. The number of nitrogens with one attached hydrogen (secondary N) is 4. The average molecular weight is 641 g/mol. The highest BCUT2D eigenvalue weighted by Crippen LogP contribution is 2.20. The molecule has 4 N–H and O–H groups in total. The summed E-state index contributed by atoms with van der Waals surface area (Å²) in [6.45, 7) is 1.90. The number of amides is 5. The smallest absolute Gasteiger partial charge is 0.258 e. The first-order valence-electron chi connectivity index (χ1n) is 15.9. The third-order valence-corrected chi connectivity index (χ3v) is 8.31. The van der Waals surface area contributed by atoms with Crippen LogP contribution in [0.2, 0.25) is 0 Å². The molecule has 0 aliphatic carbocycles. The molecule has 6 rings (SSSR count). The lowest BCUT2D eigenvalue weighted by Crippen LogP contribution is -2.58. The van der Waals surface area contributed by atoms with Crippen LogP contribution < -0.4 is 26.0 Å². The SMILES string of the molecule is C[C@@H]1NC(=O)[C@H]2CCCN2C(=O)[C@@H](Cc2ccccc2)NC(=O)COc2ccc(cc2)C[C@@H](C(=O)NCCc2cccnc2)NC1=O. The predicted molar refractivity (Wildman–Crippen MR) is 173 cm³/mol. The minimum absolute atomic E-state index is 0.179. The molecule has 2 bridgehead atoms. The molecule has 1 fully saturated rings. The number of hydrogen-bond acceptors (Lipinski definition) is 7. The van der Waals surface area contributed by atoms with Crippen molar-refractivity contribution in [3.63, 3.8) is 0 Å². The average Bonchev–Trinajstić information content (AvgIpc) is 3.58. The Morgan fingerprint density at radius 2 is 1.70 bits per heavy atom. The molecule has 4 atom stereocenters. The summed E-state index contributed by atoms with van der Waals surface area (Å²) in [5.74, 6) is -1.82. The van der Waals surface area contributed by atoms with Crippen LogP contribution in [0.5, 0.6) is 5.75 Å². The molecule has 0 saturated carbocycles. The Morgan fingerprint density at radius 3 is 2.45 bits per heavy atom. The molecular weight excluding hydrogens is 600 g/mol. The summed E-state index contributed by atoms with van der Waals surface area (Å²) in [5.41, 5.74) is 2.56. The molecule has 2 aromatic carbocycles. The normalized spacial score (nSPS) is 22.4. The summed E-state index contributed by atoms with van der Waals surface area (Å²) in [5, 5.41) is 11.2. The molecule has 0 radical (unpaired) electrons. The summed E-state index contributed by atoms with van der Waals surface area (Å²) in [6.07, 6.45) is 5.39. The minimum Gasteiger partial charge on any atom is -0.484 e. The highest BCUT2D eigenvalue weighted by molar-refractivity contribution is 5.96. The lowest BCUT2D eigenvalue weighted by atomic mass is 10.0. The third-order valence-electron chi connectivity index (χ3n) is 8.31. The fourth-order valence-electron chi connectivity index (χ4n) is 5.78. The van der Waals surface area contributed by atoms with Gasteiger partial charge in [-0.05, 0) is 61.1 Å². The zero-order valence-electron chi connectivity index (χ0n) is 26.3. The number of carbonyl (C=O) groups is 5. The number of rotatable bonds is 6. The summed E-state index contributed by atoms with van der Waals surface area (Å²) in [7, 11) is 0. The van der Waals surface area contributed by atoms with Gasteiger partial charge in [0.05, 0.1) is 0 Å². The molecule has 3 aromatic rings. The third kappa shape index (κ3) is 9.15. The number of ether oxygens (including phenoxy) is 1. The Morgan fingerprint density at radius 1 is 0.936 bits per heavy atom. The zero-order valence-corrected chi connectivity index (χ0v) is 26.3. The monoisotopic (exact) mass is 640 g/mol. The van der Waals surface area contributed by atoms with Crippen molar-refractivity contribution in [2.75, 3.05) is 19.7 Å². The van der Waals surface area contributed by atoms with Crippen LogP contribution in [0, 0.1) is 0 Å². The number of pyridine rings is 1. The second-order valence-corrected chi connectivity index (χ2v) is 11.8. The van der Waals surface area contributed by atoms with Gasteiger partial charge in [-0.15, -0.1) is 0 Å². The van der Waals surface area contributed by atoms with Crippen molar-refractivity contribution in [1.29, 1.82) is 0 Å². The van der Waals surface area contributed by atoms with Gasteiger partial charge in [0.15, 0.2) is 6.61 Å². The molecule has 5 amide bonds. The van der Waals surface area contributed by atoms with Crippen LogP contribution in [0.1, 0.15) is 36.5 Å². The van der Waals surface area contributed by atoms with Crippen LogP contribution in [0.15, 0.2) is 79.1 Å². The van der Waals surface area contributed by atoms with Gasteiger partial charge in [-0.2, -0.15) is 0 Å². The number of benzene rings is 2. The van der Waals surface area contributed by atoms with Crippen molar-refractivity contribution in [2.45, 2.75) is 63.2 Å². The number of hydrogen-bond donors (Lipinski definition) is 4. The van der Waals surface area contributed by atoms with Gasteiger partial charge in [-0.1, -0.05) is 48.5 Å². The predicted octanol–water partition coefficient (Wildman–Crippen LogP) is 1.08. The van der Waals surface area contributed by atoms with Crippen LogP contribution in [0.4, 0.5) is 0 Å². The number of fused-ring (bicyclic) bond motifs is 13. The molecule has 12 nitrogen and oxygen atoms in total. The topological polar surface area (TPSA) is 159 Å². The minimum atomic E-state index is -0.983. The maximum atomic E-state index is 13.9. The lowest BCUT2D eigenvalue weighted by Gasteiger charge is -2.29. The van der Waals surface area contributed by atoms with Crippen LogP contribution in [-0.2, 0) is 43.2 Å². The second-order valence-electron chi connectivity index (χ2n) is 11.8. The van der Waals surface area contributed by atoms with Gasteiger partial charge >= 0.3 is 0 Å². The number of nitrogens with zero attached hydrogens (tertiary/aromatic N) is 2. The van der Waals surface area contributed by atoms with Crippen molar-refractivity contribution < 1.29 is 28.7 Å². The lowest BCUT2D eigenvalue weighted by molar-refractivity contribution is -0.142. The Kier molecular flexibility index (Phi) is 11.2. The Hall–Kier alpha value is -5.26. The highest BCUT2D eigenvalue weighted by Gasteiger charge is 2.38. The van der Waals surface area contributed by atoms with E-state index in [0.717, 1.165) is 16.7 Å². The largest absolute Gasteiger partial charge is 0.484 e. The van der Waals surface area contributed by atoms with E-state index in [1.54, 1.807) is 43.6 Å². The Bertz CT molecular complexity index is 1550. The van der Waals surface area contributed by atoms with Crippen molar-refractivity contribution >= 4 is 29.5 Å². The molecule has 3 aliphatic heterocycles. The molecule has 3 aliphatic rings. The van der Waals surface area contributed by atoms with Crippen LogP contribution in [0.25, 0.3) is 0 Å². The van der Waals surface area contributed by atoms with E-state index in [-0.39, 0.29) is 31.3 Å².